The first-order valence-electron chi connectivity index (χ1n) is 10.7. The average Bonchev–Trinajstić information content (AvgIpc) is 2.78. The van der Waals surface area contributed by atoms with Crippen molar-refractivity contribution in [1.82, 2.24) is 0 Å². The van der Waals surface area contributed by atoms with Crippen molar-refractivity contribution in [3.63, 3.8) is 0 Å². The summed E-state index contributed by atoms with van der Waals surface area (Å²) in [5.74, 6) is -0.0000897. The summed E-state index contributed by atoms with van der Waals surface area (Å²) in [5.41, 5.74) is 9.47. The fourth-order valence-electron chi connectivity index (χ4n) is 2.50. The molecule has 0 saturated carbocycles. The third-order valence-corrected chi connectivity index (χ3v) is 4.09. The van der Waals surface area contributed by atoms with Gasteiger partial charge in [-0.1, -0.05) is 88.4 Å². The van der Waals surface area contributed by atoms with Crippen LogP contribution in [0.15, 0.2) is 78.9 Å². The molecule has 2 aromatic rings. The first-order chi connectivity index (χ1) is 15.0. The van der Waals surface area contributed by atoms with Crippen molar-refractivity contribution < 1.29 is 14.3 Å². The van der Waals surface area contributed by atoms with Gasteiger partial charge in [-0.2, -0.15) is 0 Å². The number of anilines is 1. The number of rotatable bonds is 9. The number of allylic oxidation sites excluding steroid dienone is 3. The Morgan fingerprint density at radius 1 is 1.06 bits per heavy atom. The van der Waals surface area contributed by atoms with Crippen LogP contribution < -0.4 is 10.5 Å². The summed E-state index contributed by atoms with van der Waals surface area (Å²) < 4.78 is 11.2. The maximum absolute atomic E-state index is 12.6. The summed E-state index contributed by atoms with van der Waals surface area (Å²) in [6, 6.07) is 13.4. The van der Waals surface area contributed by atoms with Crippen molar-refractivity contribution >= 4 is 11.7 Å². The third-order valence-electron chi connectivity index (χ3n) is 4.09. The van der Waals surface area contributed by atoms with Crippen molar-refractivity contribution in [2.75, 3.05) is 12.3 Å². The molecule has 31 heavy (non-hydrogen) atoms. The van der Waals surface area contributed by atoms with Gasteiger partial charge in [-0.25, -0.2) is 4.79 Å². The van der Waals surface area contributed by atoms with Crippen molar-refractivity contribution in [2.45, 2.75) is 47.1 Å². The van der Waals surface area contributed by atoms with Crippen molar-refractivity contribution in [3.8, 4) is 5.75 Å². The Labute approximate surface area is 187 Å². The molecule has 166 valence electrons. The van der Waals surface area contributed by atoms with Crippen LogP contribution in [0.2, 0.25) is 0 Å². The summed E-state index contributed by atoms with van der Waals surface area (Å²) in [7, 11) is 0. The molecular formula is C27H35NO3. The van der Waals surface area contributed by atoms with Crippen molar-refractivity contribution in [3.05, 3.63) is 95.6 Å². The molecule has 0 spiro atoms. The quantitative estimate of drug-likeness (QED) is 0.279. The summed E-state index contributed by atoms with van der Waals surface area (Å²) in [5, 5.41) is 0. The molecule has 2 rings (SSSR count). The zero-order valence-corrected chi connectivity index (χ0v) is 19.2. The highest BCUT2D eigenvalue weighted by molar-refractivity contribution is 5.97. The molecule has 0 aromatic heterocycles. The van der Waals surface area contributed by atoms with E-state index in [4.69, 9.17) is 15.2 Å². The molecule has 0 fully saturated rings. The minimum absolute atomic E-state index is 0.100. The van der Waals surface area contributed by atoms with Gasteiger partial charge in [0.25, 0.3) is 0 Å². The molecule has 0 aliphatic carbocycles. The lowest BCUT2D eigenvalue weighted by atomic mass is 10.1. The fourth-order valence-corrected chi connectivity index (χ4v) is 2.50. The number of carbonyl (C=O) groups excluding carboxylic acids is 1. The second-order valence-corrected chi connectivity index (χ2v) is 7.01. The third kappa shape index (κ3) is 9.39. The molecule has 0 saturated heterocycles. The Morgan fingerprint density at radius 2 is 1.74 bits per heavy atom. The standard InChI is InChI=1S/C24H27NO3.C3H8/c1-4-6-8-11-18(3)16-28-24(26)21-14-19(5-2)15-22(23(21)25)27-17-20-12-9-7-10-13-20;1-3-2/h4,6-15H,3,5,16-17,25H2,1-2H3;3H2,1-2H3/b6-4-,11-8-;. The van der Waals surface area contributed by atoms with E-state index in [2.05, 4.69) is 20.4 Å². The van der Waals surface area contributed by atoms with Crippen LogP contribution in [-0.2, 0) is 17.8 Å². The van der Waals surface area contributed by atoms with E-state index in [-0.39, 0.29) is 12.3 Å². The first kappa shape index (κ1) is 25.8. The van der Waals surface area contributed by atoms with Crippen LogP contribution in [0.1, 0.15) is 55.6 Å². The van der Waals surface area contributed by atoms with Gasteiger partial charge in [0.05, 0.1) is 11.3 Å². The lowest BCUT2D eigenvalue weighted by Crippen LogP contribution is -2.12. The molecule has 4 nitrogen and oxygen atoms in total. The van der Waals surface area contributed by atoms with Crippen LogP contribution in [0.3, 0.4) is 0 Å². The Kier molecular flexibility index (Phi) is 12.2. The summed E-state index contributed by atoms with van der Waals surface area (Å²) >= 11 is 0. The van der Waals surface area contributed by atoms with E-state index in [1.54, 1.807) is 12.1 Å². The molecule has 2 N–H and O–H groups in total. The number of esters is 1. The number of benzene rings is 2. The van der Waals surface area contributed by atoms with Crippen molar-refractivity contribution in [1.29, 1.82) is 0 Å². The largest absolute Gasteiger partial charge is 0.487 e. The van der Waals surface area contributed by atoms with Gasteiger partial charge in [-0.15, -0.1) is 0 Å². The zero-order chi connectivity index (χ0) is 23.1. The number of ether oxygens (including phenoxy) is 2. The number of nitrogen functional groups attached to an aromatic ring is 1. The molecule has 0 radical (unpaired) electrons. The van der Waals surface area contributed by atoms with Gasteiger partial charge in [0.1, 0.15) is 19.0 Å². The van der Waals surface area contributed by atoms with Gasteiger partial charge in [0.15, 0.2) is 0 Å². The topological polar surface area (TPSA) is 61.5 Å². The molecule has 0 amide bonds. The molecular weight excluding hydrogens is 386 g/mol. The van der Waals surface area contributed by atoms with E-state index in [0.717, 1.165) is 17.5 Å². The smallest absolute Gasteiger partial charge is 0.340 e. The van der Waals surface area contributed by atoms with E-state index < -0.39 is 5.97 Å². The fraction of sp³-hybridized carbons (Fsp3) is 0.296. The van der Waals surface area contributed by atoms with E-state index in [9.17, 15) is 4.79 Å². The molecule has 4 heteroatoms. The number of nitrogens with two attached hydrogens (primary N) is 1. The van der Waals surface area contributed by atoms with E-state index in [0.29, 0.717) is 23.5 Å². The monoisotopic (exact) mass is 421 g/mol. The van der Waals surface area contributed by atoms with Crippen LogP contribution in [0.25, 0.3) is 0 Å². The second kappa shape index (κ2) is 14.7. The predicted octanol–water partition coefficient (Wildman–Crippen LogP) is 6.67. The van der Waals surface area contributed by atoms with Crippen LogP contribution in [0.5, 0.6) is 5.75 Å². The Hall–Kier alpha value is -3.27. The highest BCUT2D eigenvalue weighted by Crippen LogP contribution is 2.29. The van der Waals surface area contributed by atoms with Crippen LogP contribution >= 0.6 is 0 Å². The Morgan fingerprint density at radius 3 is 2.35 bits per heavy atom. The van der Waals surface area contributed by atoms with Gasteiger partial charge in [-0.3, -0.25) is 0 Å². The van der Waals surface area contributed by atoms with Gasteiger partial charge >= 0.3 is 5.97 Å². The molecule has 0 aliphatic rings. The van der Waals surface area contributed by atoms with E-state index in [1.165, 1.54) is 6.42 Å². The van der Waals surface area contributed by atoms with Crippen LogP contribution in [0, 0.1) is 0 Å². The summed E-state index contributed by atoms with van der Waals surface area (Å²) in [6.45, 7) is 12.5. The molecule has 2 aromatic carbocycles. The number of carbonyl (C=O) groups is 1. The predicted molar refractivity (Wildman–Crippen MR) is 130 cm³/mol. The van der Waals surface area contributed by atoms with E-state index >= 15 is 0 Å². The highest BCUT2D eigenvalue weighted by atomic mass is 16.5. The average molecular weight is 422 g/mol. The van der Waals surface area contributed by atoms with Crippen LogP contribution in [-0.4, -0.2) is 12.6 Å². The number of hydrogen-bond donors (Lipinski definition) is 1. The van der Waals surface area contributed by atoms with E-state index in [1.807, 2.05) is 68.5 Å². The number of aryl methyl sites for hydroxylation is 1. The van der Waals surface area contributed by atoms with Gasteiger partial charge in [0, 0.05) is 0 Å². The molecule has 0 atom stereocenters. The van der Waals surface area contributed by atoms with Gasteiger partial charge in [-0.05, 0) is 42.2 Å². The SMILES string of the molecule is C=C(/C=C\C=C/C)COC(=O)c1cc(CC)cc(OCc2ccccc2)c1N.CCC. The Balaban J connectivity index is 0.00000151. The van der Waals surface area contributed by atoms with Crippen LogP contribution in [0.4, 0.5) is 5.69 Å². The number of hydrogen-bond acceptors (Lipinski definition) is 4. The summed E-state index contributed by atoms with van der Waals surface area (Å²) in [4.78, 5) is 12.6. The zero-order valence-electron chi connectivity index (χ0n) is 19.2. The first-order valence-corrected chi connectivity index (χ1v) is 10.7. The second-order valence-electron chi connectivity index (χ2n) is 7.01. The lowest BCUT2D eigenvalue weighted by Gasteiger charge is -2.14. The van der Waals surface area contributed by atoms with Gasteiger partial charge < -0.3 is 15.2 Å². The molecule has 0 aliphatic heterocycles. The van der Waals surface area contributed by atoms with Crippen molar-refractivity contribution in [2.24, 2.45) is 0 Å². The normalized spacial score (nSPS) is 10.6. The summed E-state index contributed by atoms with van der Waals surface area (Å²) in [6.07, 6.45) is 9.43. The minimum atomic E-state index is -0.488. The molecule has 0 heterocycles. The highest BCUT2D eigenvalue weighted by Gasteiger charge is 2.17. The Bertz CT molecular complexity index is 883. The molecule has 0 bridgehead atoms. The lowest BCUT2D eigenvalue weighted by molar-refractivity contribution is 0.0544. The molecule has 0 unspecified atom stereocenters. The maximum Gasteiger partial charge on any atom is 0.340 e. The minimum Gasteiger partial charge on any atom is -0.487 e. The van der Waals surface area contributed by atoms with Gasteiger partial charge in [0.2, 0.25) is 0 Å². The maximum atomic E-state index is 12.6.